The molecule has 148 valence electrons. The Labute approximate surface area is 165 Å². The molecule has 0 radical (unpaired) electrons. The van der Waals surface area contributed by atoms with E-state index in [1.807, 2.05) is 6.92 Å². The number of aromatic nitrogens is 1. The molecule has 0 aliphatic carbocycles. The second kappa shape index (κ2) is 7.61. The van der Waals surface area contributed by atoms with Crippen molar-refractivity contribution in [3.63, 3.8) is 0 Å². The number of benzene rings is 1. The van der Waals surface area contributed by atoms with Crippen molar-refractivity contribution in [3.8, 4) is 5.75 Å². The summed E-state index contributed by atoms with van der Waals surface area (Å²) in [6, 6.07) is 5.17. The number of amides is 2. The van der Waals surface area contributed by atoms with Crippen molar-refractivity contribution in [2.75, 3.05) is 6.61 Å². The van der Waals surface area contributed by atoms with Gasteiger partial charge in [-0.25, -0.2) is 4.98 Å². The molecule has 3 aromatic rings. The predicted molar refractivity (Wildman–Crippen MR) is 104 cm³/mol. The summed E-state index contributed by atoms with van der Waals surface area (Å²) in [5, 5.41) is 13.4. The van der Waals surface area contributed by atoms with Crippen LogP contribution >= 0.6 is 11.3 Å². The molecule has 0 aliphatic heterocycles. The number of primary amides is 1. The summed E-state index contributed by atoms with van der Waals surface area (Å²) in [6.45, 7) is 4.67. The summed E-state index contributed by atoms with van der Waals surface area (Å²) in [6.07, 6.45) is 1.76. The van der Waals surface area contributed by atoms with Gasteiger partial charge in [0.2, 0.25) is 5.91 Å². The van der Waals surface area contributed by atoms with Gasteiger partial charge in [-0.1, -0.05) is 0 Å². The third kappa shape index (κ3) is 3.85. The summed E-state index contributed by atoms with van der Waals surface area (Å²) in [4.78, 5) is 29.5. The number of aliphatic hydroxyl groups excluding tert-OH is 1. The van der Waals surface area contributed by atoms with Crippen LogP contribution in [0.1, 0.15) is 32.9 Å². The molecule has 0 bridgehead atoms. The number of aliphatic hydroxyl groups is 1. The smallest absolute Gasteiger partial charge is 0.256 e. The molecule has 0 spiro atoms. The van der Waals surface area contributed by atoms with E-state index in [1.54, 1.807) is 42.7 Å². The highest BCUT2D eigenvalue weighted by Gasteiger charge is 2.34. The number of rotatable bonds is 7. The van der Waals surface area contributed by atoms with E-state index in [0.717, 1.165) is 9.88 Å². The van der Waals surface area contributed by atoms with Crippen LogP contribution in [-0.2, 0) is 11.4 Å². The Bertz CT molecular complexity index is 1040. The van der Waals surface area contributed by atoms with Gasteiger partial charge in [0.15, 0.2) is 0 Å². The van der Waals surface area contributed by atoms with Gasteiger partial charge in [-0.05, 0) is 39.0 Å². The van der Waals surface area contributed by atoms with Crippen LogP contribution in [-0.4, -0.2) is 34.1 Å². The molecule has 1 aromatic carbocycles. The molecule has 2 heterocycles. The Hall–Kier alpha value is -2.91. The molecule has 1 atom stereocenters. The normalized spacial score (nSPS) is 13.3. The molecule has 0 saturated carbocycles. The average Bonchev–Trinajstić information content (AvgIpc) is 3.21. The second-order valence-corrected chi connectivity index (χ2v) is 7.95. The number of carbonyl (C=O) groups excluding carboxylic acids is 2. The van der Waals surface area contributed by atoms with Crippen LogP contribution in [0.5, 0.6) is 5.75 Å². The molecule has 9 heteroatoms. The average molecular weight is 403 g/mol. The van der Waals surface area contributed by atoms with Gasteiger partial charge in [-0.3, -0.25) is 9.59 Å². The molecule has 0 saturated heterocycles. The first-order valence-electron chi connectivity index (χ1n) is 8.54. The molecular formula is C19H21N3O5S. The largest absolute Gasteiger partial charge is 0.488 e. The van der Waals surface area contributed by atoms with Gasteiger partial charge in [0.25, 0.3) is 5.91 Å². The summed E-state index contributed by atoms with van der Waals surface area (Å²) < 4.78 is 11.4. The first kappa shape index (κ1) is 19.8. The number of nitrogens with one attached hydrogen (secondary N) is 1. The van der Waals surface area contributed by atoms with E-state index in [2.05, 4.69) is 10.3 Å². The Kier molecular flexibility index (Phi) is 5.39. The van der Waals surface area contributed by atoms with Crippen LogP contribution in [0, 0.1) is 13.8 Å². The number of aryl methyl sites for hydroxylation is 2. The fourth-order valence-electron chi connectivity index (χ4n) is 2.69. The minimum atomic E-state index is -1.58. The van der Waals surface area contributed by atoms with E-state index in [4.69, 9.17) is 14.9 Å². The Morgan fingerprint density at radius 3 is 2.75 bits per heavy atom. The van der Waals surface area contributed by atoms with Crippen molar-refractivity contribution in [2.24, 2.45) is 5.73 Å². The van der Waals surface area contributed by atoms with E-state index in [0.29, 0.717) is 29.1 Å². The van der Waals surface area contributed by atoms with Crippen molar-refractivity contribution in [1.82, 2.24) is 10.3 Å². The van der Waals surface area contributed by atoms with Crippen LogP contribution < -0.4 is 15.8 Å². The molecule has 0 unspecified atom stereocenters. The quantitative estimate of drug-likeness (QED) is 0.554. The number of thiazole rings is 1. The fraction of sp³-hybridized carbons (Fsp3) is 0.316. The summed E-state index contributed by atoms with van der Waals surface area (Å²) in [5.74, 6) is -0.458. The minimum absolute atomic E-state index is 0.259. The third-order valence-electron chi connectivity index (χ3n) is 4.36. The zero-order valence-electron chi connectivity index (χ0n) is 15.7. The SMILES string of the molecule is Cc1ncc(COc2ccc3oc(C)c(C(=O)N[C@@](C)(CO)C(N)=O)c3c2)s1. The summed E-state index contributed by atoms with van der Waals surface area (Å²) in [7, 11) is 0. The van der Waals surface area contributed by atoms with E-state index in [1.165, 1.54) is 6.92 Å². The van der Waals surface area contributed by atoms with E-state index >= 15 is 0 Å². The number of nitrogens with zero attached hydrogens (tertiary/aromatic N) is 1. The van der Waals surface area contributed by atoms with Gasteiger partial charge in [0, 0.05) is 11.6 Å². The summed E-state index contributed by atoms with van der Waals surface area (Å²) in [5.41, 5.74) is 4.48. The molecule has 28 heavy (non-hydrogen) atoms. The lowest BCUT2D eigenvalue weighted by Gasteiger charge is -2.24. The highest BCUT2D eigenvalue weighted by atomic mass is 32.1. The van der Waals surface area contributed by atoms with Crippen molar-refractivity contribution in [3.05, 3.63) is 45.6 Å². The Balaban J connectivity index is 1.88. The lowest BCUT2D eigenvalue weighted by Crippen LogP contribution is -2.57. The van der Waals surface area contributed by atoms with Gasteiger partial charge in [0.1, 0.15) is 29.2 Å². The van der Waals surface area contributed by atoms with E-state index in [9.17, 15) is 14.7 Å². The first-order valence-corrected chi connectivity index (χ1v) is 9.35. The Morgan fingerprint density at radius 1 is 1.39 bits per heavy atom. The maximum Gasteiger partial charge on any atom is 0.256 e. The number of carbonyl (C=O) groups is 2. The van der Waals surface area contributed by atoms with E-state index in [-0.39, 0.29) is 5.56 Å². The van der Waals surface area contributed by atoms with Crippen molar-refractivity contribution in [2.45, 2.75) is 32.9 Å². The van der Waals surface area contributed by atoms with Crippen LogP contribution in [0.25, 0.3) is 11.0 Å². The van der Waals surface area contributed by atoms with Crippen LogP contribution in [0.15, 0.2) is 28.8 Å². The van der Waals surface area contributed by atoms with Gasteiger partial charge in [-0.15, -0.1) is 11.3 Å². The van der Waals surface area contributed by atoms with Gasteiger partial charge < -0.3 is 25.3 Å². The number of nitrogens with two attached hydrogens (primary N) is 1. The molecular weight excluding hydrogens is 382 g/mol. The molecule has 8 nitrogen and oxygen atoms in total. The van der Waals surface area contributed by atoms with Crippen LogP contribution in [0.4, 0.5) is 0 Å². The number of ether oxygens (including phenoxy) is 1. The lowest BCUT2D eigenvalue weighted by molar-refractivity contribution is -0.124. The molecule has 0 fully saturated rings. The van der Waals surface area contributed by atoms with Gasteiger partial charge in [0.05, 0.1) is 22.1 Å². The third-order valence-corrected chi connectivity index (χ3v) is 5.25. The van der Waals surface area contributed by atoms with Crippen LogP contribution in [0.2, 0.25) is 0 Å². The zero-order chi connectivity index (χ0) is 20.5. The molecule has 4 N–H and O–H groups in total. The van der Waals surface area contributed by atoms with Gasteiger partial charge >= 0.3 is 0 Å². The van der Waals surface area contributed by atoms with Crippen LogP contribution in [0.3, 0.4) is 0 Å². The van der Waals surface area contributed by atoms with Crippen molar-refractivity contribution >= 4 is 34.1 Å². The maximum atomic E-state index is 12.8. The summed E-state index contributed by atoms with van der Waals surface area (Å²) >= 11 is 1.55. The predicted octanol–water partition coefficient (Wildman–Crippen LogP) is 2.05. The highest BCUT2D eigenvalue weighted by Crippen LogP contribution is 2.30. The van der Waals surface area contributed by atoms with Crippen molar-refractivity contribution in [1.29, 1.82) is 0 Å². The highest BCUT2D eigenvalue weighted by molar-refractivity contribution is 7.11. The van der Waals surface area contributed by atoms with Crippen molar-refractivity contribution < 1.29 is 23.8 Å². The number of furan rings is 1. The van der Waals surface area contributed by atoms with Gasteiger partial charge in [-0.2, -0.15) is 0 Å². The number of hydrogen-bond donors (Lipinski definition) is 3. The Morgan fingerprint density at radius 2 is 2.14 bits per heavy atom. The minimum Gasteiger partial charge on any atom is -0.488 e. The topological polar surface area (TPSA) is 128 Å². The van der Waals surface area contributed by atoms with E-state index < -0.39 is 24.0 Å². The number of fused-ring (bicyclic) bond motifs is 1. The monoisotopic (exact) mass is 403 g/mol. The first-order chi connectivity index (χ1) is 13.2. The zero-order valence-corrected chi connectivity index (χ0v) is 16.6. The number of hydrogen-bond acceptors (Lipinski definition) is 7. The maximum absolute atomic E-state index is 12.8. The molecule has 0 aliphatic rings. The molecule has 2 aromatic heterocycles. The second-order valence-electron chi connectivity index (χ2n) is 6.63. The lowest BCUT2D eigenvalue weighted by atomic mass is 10.0. The molecule has 2 amide bonds. The fourth-order valence-corrected chi connectivity index (χ4v) is 3.40. The standard InChI is InChI=1S/C19H21N3O5S/c1-10-16(17(24)22-19(3,9-23)18(20)25)14-6-12(4-5-15(14)27-10)26-8-13-7-21-11(2)28-13/h4-7,23H,8-9H2,1-3H3,(H2,20,25)(H,22,24)/t19-/m0/s1. The molecule has 3 rings (SSSR count).